The van der Waals surface area contributed by atoms with Crippen molar-refractivity contribution >= 4 is 0 Å². The van der Waals surface area contributed by atoms with E-state index in [1.165, 1.54) is 58.2 Å². The minimum Gasteiger partial charge on any atom is -0.314 e. The first kappa shape index (κ1) is 11.0. The molecule has 0 amide bonds. The van der Waals surface area contributed by atoms with Crippen LogP contribution in [0.5, 0.6) is 0 Å². The number of fused-ring (bicyclic) bond motifs is 2. The molecule has 1 unspecified atom stereocenters. The average Bonchev–Trinajstić information content (AvgIpc) is 2.45. The van der Waals surface area contributed by atoms with Crippen molar-refractivity contribution < 1.29 is 0 Å². The van der Waals surface area contributed by atoms with Gasteiger partial charge in [0, 0.05) is 18.6 Å². The smallest absolute Gasteiger partial charge is 0.0113 e. The first-order valence-electron chi connectivity index (χ1n) is 7.32. The molecule has 0 radical (unpaired) electrons. The number of hydrogen-bond donors (Lipinski definition) is 1. The molecule has 92 valence electrons. The van der Waals surface area contributed by atoms with Crippen LogP contribution in [-0.2, 0) is 0 Å². The van der Waals surface area contributed by atoms with Gasteiger partial charge in [-0.2, -0.15) is 0 Å². The number of rotatable bonds is 0. The van der Waals surface area contributed by atoms with E-state index < -0.39 is 0 Å². The van der Waals surface area contributed by atoms with E-state index in [1.54, 1.807) is 0 Å². The van der Waals surface area contributed by atoms with Gasteiger partial charge in [-0.3, -0.25) is 0 Å². The molecule has 1 N–H and O–H groups in total. The van der Waals surface area contributed by atoms with E-state index in [4.69, 9.17) is 0 Å². The lowest BCUT2D eigenvalue weighted by Gasteiger charge is -2.36. The van der Waals surface area contributed by atoms with Gasteiger partial charge in [0.1, 0.15) is 0 Å². The molecule has 3 aliphatic rings. The average molecular weight is 222 g/mol. The summed E-state index contributed by atoms with van der Waals surface area (Å²) in [5, 5.41) is 3.80. The second-order valence-electron chi connectivity index (χ2n) is 6.22. The molecule has 3 rings (SSSR count). The Kier molecular flexibility index (Phi) is 3.21. The van der Waals surface area contributed by atoms with Gasteiger partial charge in [-0.25, -0.2) is 0 Å². The predicted octanol–water partition coefficient (Wildman–Crippen LogP) is 2.25. The normalized spacial score (nSPS) is 45.6. The lowest BCUT2D eigenvalue weighted by Crippen LogP contribution is -2.45. The summed E-state index contributed by atoms with van der Waals surface area (Å²) in [4.78, 5) is 2.80. The summed E-state index contributed by atoms with van der Waals surface area (Å²) in [6.45, 7) is 6.49. The molecule has 3 fully saturated rings. The van der Waals surface area contributed by atoms with Crippen molar-refractivity contribution in [2.45, 2.75) is 57.5 Å². The molecular weight excluding hydrogens is 196 g/mol. The van der Waals surface area contributed by atoms with Crippen molar-refractivity contribution in [2.75, 3.05) is 19.6 Å². The highest BCUT2D eigenvalue weighted by Gasteiger charge is 2.37. The molecule has 0 spiro atoms. The van der Waals surface area contributed by atoms with Crippen LogP contribution in [0.25, 0.3) is 0 Å². The fourth-order valence-corrected chi connectivity index (χ4v) is 4.28. The van der Waals surface area contributed by atoms with E-state index in [1.807, 2.05) is 0 Å². The summed E-state index contributed by atoms with van der Waals surface area (Å²) in [6.07, 6.45) is 8.65. The van der Waals surface area contributed by atoms with Gasteiger partial charge in [0.15, 0.2) is 0 Å². The molecule has 2 heteroatoms. The molecule has 3 saturated heterocycles. The minimum atomic E-state index is 0.830. The highest BCUT2D eigenvalue weighted by atomic mass is 15.2. The Balaban J connectivity index is 1.76. The fraction of sp³-hybridized carbons (Fsp3) is 1.00. The van der Waals surface area contributed by atoms with Crippen LogP contribution < -0.4 is 5.32 Å². The maximum Gasteiger partial charge on any atom is 0.0113 e. The molecular formula is C14H26N2. The quantitative estimate of drug-likeness (QED) is 0.676. The predicted molar refractivity (Wildman–Crippen MR) is 67.5 cm³/mol. The molecule has 0 aromatic rings. The zero-order chi connectivity index (χ0) is 11.0. The molecule has 0 saturated carbocycles. The summed E-state index contributed by atoms with van der Waals surface area (Å²) >= 11 is 0. The standard InChI is InChI=1S/C14H26N2/c1-11-10-16-8-3-2-5-12(16)9-14-13(11)6-4-7-15-14/h11-15H,2-10H2,1H3/t11-,12-,13+,14?/m0/s1. The van der Waals surface area contributed by atoms with Gasteiger partial charge in [0.2, 0.25) is 0 Å². The highest BCUT2D eigenvalue weighted by Crippen LogP contribution is 2.35. The van der Waals surface area contributed by atoms with Gasteiger partial charge in [0.25, 0.3) is 0 Å². The van der Waals surface area contributed by atoms with E-state index in [-0.39, 0.29) is 0 Å². The van der Waals surface area contributed by atoms with Crippen LogP contribution in [-0.4, -0.2) is 36.6 Å². The maximum absolute atomic E-state index is 3.80. The Morgan fingerprint density at radius 3 is 3.00 bits per heavy atom. The van der Waals surface area contributed by atoms with Crippen LogP contribution in [0.2, 0.25) is 0 Å². The van der Waals surface area contributed by atoms with E-state index >= 15 is 0 Å². The van der Waals surface area contributed by atoms with Crippen LogP contribution in [0.4, 0.5) is 0 Å². The molecule has 4 atom stereocenters. The van der Waals surface area contributed by atoms with E-state index in [0.717, 1.165) is 23.9 Å². The fourth-order valence-electron chi connectivity index (χ4n) is 4.28. The van der Waals surface area contributed by atoms with Crippen LogP contribution in [0.15, 0.2) is 0 Å². The summed E-state index contributed by atoms with van der Waals surface area (Å²) in [6, 6.07) is 1.73. The van der Waals surface area contributed by atoms with Crippen molar-refractivity contribution in [1.29, 1.82) is 0 Å². The number of piperidine rings is 2. The second kappa shape index (κ2) is 4.66. The van der Waals surface area contributed by atoms with Crippen LogP contribution in [0, 0.1) is 11.8 Å². The highest BCUT2D eigenvalue weighted by molar-refractivity contribution is 4.94. The zero-order valence-corrected chi connectivity index (χ0v) is 10.6. The summed E-state index contributed by atoms with van der Waals surface area (Å²) < 4.78 is 0. The third-order valence-corrected chi connectivity index (χ3v) is 5.17. The molecule has 0 aliphatic carbocycles. The Hall–Kier alpha value is -0.0800. The molecule has 2 nitrogen and oxygen atoms in total. The number of nitrogens with one attached hydrogen (secondary N) is 1. The minimum absolute atomic E-state index is 0.830. The van der Waals surface area contributed by atoms with Crippen LogP contribution >= 0.6 is 0 Å². The SMILES string of the molecule is C[C@H]1CN2CCCC[C@H]2CC2NCCC[C@@H]21. The largest absolute Gasteiger partial charge is 0.314 e. The maximum atomic E-state index is 3.80. The first-order chi connectivity index (χ1) is 7.84. The molecule has 0 aromatic heterocycles. The summed E-state index contributed by atoms with van der Waals surface area (Å²) in [5.41, 5.74) is 0. The summed E-state index contributed by atoms with van der Waals surface area (Å²) in [7, 11) is 0. The first-order valence-corrected chi connectivity index (χ1v) is 7.32. The van der Waals surface area contributed by atoms with Gasteiger partial charge in [-0.15, -0.1) is 0 Å². The third kappa shape index (κ3) is 2.02. The summed E-state index contributed by atoms with van der Waals surface area (Å²) in [5.74, 6) is 1.86. The lowest BCUT2D eigenvalue weighted by atomic mass is 9.80. The van der Waals surface area contributed by atoms with Crippen molar-refractivity contribution in [2.24, 2.45) is 11.8 Å². The van der Waals surface area contributed by atoms with E-state index in [2.05, 4.69) is 17.1 Å². The topological polar surface area (TPSA) is 15.3 Å². The Bertz CT molecular complexity index is 241. The van der Waals surface area contributed by atoms with Crippen LogP contribution in [0.3, 0.4) is 0 Å². The van der Waals surface area contributed by atoms with Crippen molar-refractivity contribution in [3.8, 4) is 0 Å². The van der Waals surface area contributed by atoms with Crippen LogP contribution in [0.1, 0.15) is 45.4 Å². The molecule has 3 aliphatic heterocycles. The molecule has 0 bridgehead atoms. The van der Waals surface area contributed by atoms with Gasteiger partial charge >= 0.3 is 0 Å². The van der Waals surface area contributed by atoms with Crippen molar-refractivity contribution in [3.05, 3.63) is 0 Å². The van der Waals surface area contributed by atoms with E-state index in [0.29, 0.717) is 0 Å². The van der Waals surface area contributed by atoms with Gasteiger partial charge in [-0.05, 0) is 57.0 Å². The van der Waals surface area contributed by atoms with Crippen molar-refractivity contribution in [3.63, 3.8) is 0 Å². The Morgan fingerprint density at radius 2 is 2.06 bits per heavy atom. The zero-order valence-electron chi connectivity index (χ0n) is 10.6. The second-order valence-corrected chi connectivity index (χ2v) is 6.22. The number of hydrogen-bond acceptors (Lipinski definition) is 2. The monoisotopic (exact) mass is 222 g/mol. The Labute approximate surface area is 99.8 Å². The number of nitrogens with zero attached hydrogens (tertiary/aromatic N) is 1. The van der Waals surface area contributed by atoms with Crippen molar-refractivity contribution in [1.82, 2.24) is 10.2 Å². The van der Waals surface area contributed by atoms with E-state index in [9.17, 15) is 0 Å². The molecule has 3 heterocycles. The molecule has 0 aromatic carbocycles. The molecule has 16 heavy (non-hydrogen) atoms. The Morgan fingerprint density at radius 1 is 1.12 bits per heavy atom. The lowest BCUT2D eigenvalue weighted by molar-refractivity contribution is 0.135. The van der Waals surface area contributed by atoms with Gasteiger partial charge in [-0.1, -0.05) is 13.3 Å². The third-order valence-electron chi connectivity index (χ3n) is 5.17. The van der Waals surface area contributed by atoms with Gasteiger partial charge in [0.05, 0.1) is 0 Å². The van der Waals surface area contributed by atoms with Gasteiger partial charge < -0.3 is 10.2 Å².